The Labute approximate surface area is 123 Å². The first-order valence-electron chi connectivity index (χ1n) is 6.76. The smallest absolute Gasteiger partial charge is 0.251 e. The Morgan fingerprint density at radius 3 is 2.74 bits per heavy atom. The molecule has 1 heterocycles. The summed E-state index contributed by atoms with van der Waals surface area (Å²) >= 11 is 3.37. The van der Waals surface area contributed by atoms with Crippen molar-refractivity contribution >= 4 is 21.8 Å². The van der Waals surface area contributed by atoms with Gasteiger partial charge in [-0.05, 0) is 49.1 Å². The lowest BCUT2D eigenvalue weighted by atomic mass is 9.77. The molecule has 19 heavy (non-hydrogen) atoms. The predicted molar refractivity (Wildman–Crippen MR) is 81.3 cm³/mol. The van der Waals surface area contributed by atoms with Crippen LogP contribution in [0.15, 0.2) is 28.7 Å². The van der Waals surface area contributed by atoms with Crippen molar-refractivity contribution in [2.75, 3.05) is 13.1 Å². The topological polar surface area (TPSA) is 41.1 Å². The SMILES string of the molecule is CC1(C)CCCNC1CNC(=O)c1ccc(Br)cc1. The minimum Gasteiger partial charge on any atom is -0.350 e. The van der Waals surface area contributed by atoms with Gasteiger partial charge in [0.2, 0.25) is 0 Å². The second kappa shape index (κ2) is 6.06. The van der Waals surface area contributed by atoms with E-state index in [4.69, 9.17) is 0 Å². The molecule has 2 N–H and O–H groups in total. The second-order valence-electron chi connectivity index (χ2n) is 5.82. The number of amides is 1. The molecule has 0 bridgehead atoms. The molecular weight excluding hydrogens is 304 g/mol. The molecule has 1 aliphatic rings. The van der Waals surface area contributed by atoms with E-state index in [0.29, 0.717) is 18.2 Å². The molecule has 2 rings (SSSR count). The van der Waals surface area contributed by atoms with Gasteiger partial charge in [-0.3, -0.25) is 4.79 Å². The average Bonchev–Trinajstić information content (AvgIpc) is 2.37. The van der Waals surface area contributed by atoms with Crippen LogP contribution in [0.5, 0.6) is 0 Å². The Morgan fingerprint density at radius 2 is 2.11 bits per heavy atom. The minimum atomic E-state index is -0.00401. The molecule has 1 saturated heterocycles. The highest BCUT2D eigenvalue weighted by Crippen LogP contribution is 2.29. The zero-order chi connectivity index (χ0) is 13.9. The van der Waals surface area contributed by atoms with Crippen molar-refractivity contribution in [2.45, 2.75) is 32.7 Å². The molecule has 0 aliphatic carbocycles. The van der Waals surface area contributed by atoms with Gasteiger partial charge in [0.1, 0.15) is 0 Å². The number of carbonyl (C=O) groups is 1. The highest BCUT2D eigenvalue weighted by molar-refractivity contribution is 9.10. The summed E-state index contributed by atoms with van der Waals surface area (Å²) in [6, 6.07) is 7.79. The van der Waals surface area contributed by atoms with Gasteiger partial charge in [0.25, 0.3) is 5.91 Å². The summed E-state index contributed by atoms with van der Waals surface area (Å²) in [5, 5.41) is 6.53. The number of benzene rings is 1. The molecule has 0 saturated carbocycles. The Balaban J connectivity index is 1.91. The van der Waals surface area contributed by atoms with Crippen LogP contribution >= 0.6 is 15.9 Å². The monoisotopic (exact) mass is 324 g/mol. The maximum Gasteiger partial charge on any atom is 0.251 e. The first kappa shape index (κ1) is 14.5. The third kappa shape index (κ3) is 3.80. The Kier molecular flexibility index (Phi) is 4.63. The maximum atomic E-state index is 12.1. The number of nitrogens with one attached hydrogen (secondary N) is 2. The number of halogens is 1. The van der Waals surface area contributed by atoms with Gasteiger partial charge in [0.05, 0.1) is 0 Å². The number of carbonyl (C=O) groups excluding carboxylic acids is 1. The molecule has 1 aromatic carbocycles. The van der Waals surface area contributed by atoms with Crippen LogP contribution in [0.2, 0.25) is 0 Å². The van der Waals surface area contributed by atoms with Gasteiger partial charge in [-0.2, -0.15) is 0 Å². The third-order valence-corrected chi connectivity index (χ3v) is 4.43. The van der Waals surface area contributed by atoms with Crippen LogP contribution in [0.1, 0.15) is 37.0 Å². The molecule has 1 aromatic rings. The van der Waals surface area contributed by atoms with E-state index >= 15 is 0 Å². The molecule has 4 heteroatoms. The van der Waals surface area contributed by atoms with Crippen LogP contribution in [0, 0.1) is 5.41 Å². The molecule has 3 nitrogen and oxygen atoms in total. The normalized spacial score (nSPS) is 21.9. The summed E-state index contributed by atoms with van der Waals surface area (Å²) in [6.45, 7) is 6.25. The Morgan fingerprint density at radius 1 is 1.42 bits per heavy atom. The van der Waals surface area contributed by atoms with Gasteiger partial charge in [0, 0.05) is 22.6 Å². The van der Waals surface area contributed by atoms with Gasteiger partial charge >= 0.3 is 0 Å². The molecule has 1 fully saturated rings. The largest absolute Gasteiger partial charge is 0.350 e. The van der Waals surface area contributed by atoms with Crippen LogP contribution in [0.4, 0.5) is 0 Å². The Bertz CT molecular complexity index is 442. The van der Waals surface area contributed by atoms with Gasteiger partial charge < -0.3 is 10.6 Å². The quantitative estimate of drug-likeness (QED) is 0.897. The Hall–Kier alpha value is -0.870. The van der Waals surface area contributed by atoms with E-state index < -0.39 is 0 Å². The van der Waals surface area contributed by atoms with Crippen LogP contribution in [-0.2, 0) is 0 Å². The lowest BCUT2D eigenvalue weighted by Crippen LogP contribution is -2.52. The fourth-order valence-electron chi connectivity index (χ4n) is 2.52. The fraction of sp³-hybridized carbons (Fsp3) is 0.533. The van der Waals surface area contributed by atoms with Crippen molar-refractivity contribution in [3.05, 3.63) is 34.3 Å². The first-order chi connectivity index (χ1) is 8.99. The summed E-state index contributed by atoms with van der Waals surface area (Å²) < 4.78 is 0.985. The van der Waals surface area contributed by atoms with Gasteiger partial charge in [-0.1, -0.05) is 29.8 Å². The van der Waals surface area contributed by atoms with Gasteiger partial charge in [0.15, 0.2) is 0 Å². The van der Waals surface area contributed by atoms with Gasteiger partial charge in [-0.15, -0.1) is 0 Å². The van der Waals surface area contributed by atoms with Crippen molar-refractivity contribution in [1.82, 2.24) is 10.6 Å². The standard InChI is InChI=1S/C15H21BrN2O/c1-15(2)8-3-9-17-13(15)10-18-14(19)11-4-6-12(16)7-5-11/h4-7,13,17H,3,8-10H2,1-2H3,(H,18,19). The van der Waals surface area contributed by atoms with Crippen molar-refractivity contribution in [3.63, 3.8) is 0 Å². The molecule has 0 spiro atoms. The van der Waals surface area contributed by atoms with Crippen molar-refractivity contribution in [3.8, 4) is 0 Å². The summed E-state index contributed by atoms with van der Waals surface area (Å²) in [4.78, 5) is 12.1. The summed E-state index contributed by atoms with van der Waals surface area (Å²) in [5.41, 5.74) is 0.947. The number of hydrogen-bond donors (Lipinski definition) is 2. The number of rotatable bonds is 3. The predicted octanol–water partition coefficient (Wildman–Crippen LogP) is 2.96. The highest BCUT2D eigenvalue weighted by atomic mass is 79.9. The van der Waals surface area contributed by atoms with Crippen LogP contribution in [-0.4, -0.2) is 25.0 Å². The summed E-state index contributed by atoms with van der Waals surface area (Å²) in [6.07, 6.45) is 2.42. The number of hydrogen-bond acceptors (Lipinski definition) is 2. The van der Waals surface area contributed by atoms with E-state index in [2.05, 4.69) is 40.4 Å². The lowest BCUT2D eigenvalue weighted by Gasteiger charge is -2.39. The third-order valence-electron chi connectivity index (χ3n) is 3.91. The van der Waals surface area contributed by atoms with E-state index in [1.807, 2.05) is 24.3 Å². The number of piperidine rings is 1. The van der Waals surface area contributed by atoms with Crippen molar-refractivity contribution < 1.29 is 4.79 Å². The molecule has 1 atom stereocenters. The van der Waals surface area contributed by atoms with E-state index in [0.717, 1.165) is 11.0 Å². The zero-order valence-electron chi connectivity index (χ0n) is 11.5. The minimum absolute atomic E-state index is 0.00401. The zero-order valence-corrected chi connectivity index (χ0v) is 13.1. The van der Waals surface area contributed by atoms with E-state index in [1.165, 1.54) is 12.8 Å². The van der Waals surface area contributed by atoms with Crippen molar-refractivity contribution in [1.29, 1.82) is 0 Å². The molecule has 0 aromatic heterocycles. The summed E-state index contributed by atoms with van der Waals surface area (Å²) in [7, 11) is 0. The van der Waals surface area contributed by atoms with Crippen molar-refractivity contribution in [2.24, 2.45) is 5.41 Å². The maximum absolute atomic E-state index is 12.1. The van der Waals surface area contributed by atoms with Crippen LogP contribution in [0.25, 0.3) is 0 Å². The van der Waals surface area contributed by atoms with Gasteiger partial charge in [-0.25, -0.2) is 0 Å². The fourth-order valence-corrected chi connectivity index (χ4v) is 2.78. The summed E-state index contributed by atoms with van der Waals surface area (Å²) in [5.74, 6) is -0.00401. The molecule has 1 aliphatic heterocycles. The van der Waals surface area contributed by atoms with E-state index in [-0.39, 0.29) is 11.3 Å². The molecular formula is C15H21BrN2O. The average molecular weight is 325 g/mol. The van der Waals surface area contributed by atoms with Crippen LogP contribution in [0.3, 0.4) is 0 Å². The molecule has 104 valence electrons. The molecule has 1 amide bonds. The van der Waals surface area contributed by atoms with E-state index in [1.54, 1.807) is 0 Å². The second-order valence-corrected chi connectivity index (χ2v) is 6.73. The highest BCUT2D eigenvalue weighted by Gasteiger charge is 2.31. The molecule has 0 radical (unpaired) electrons. The van der Waals surface area contributed by atoms with Crippen LogP contribution < -0.4 is 10.6 Å². The lowest BCUT2D eigenvalue weighted by molar-refractivity contribution is 0.0929. The first-order valence-corrected chi connectivity index (χ1v) is 7.55. The van der Waals surface area contributed by atoms with E-state index in [9.17, 15) is 4.79 Å². The molecule has 1 unspecified atom stereocenters.